The SMILES string of the molecule is CCCC1=[N+](CC(=O)c2ccc(OC)cc2)CCn2c(C)ccc21. The van der Waals surface area contributed by atoms with Crippen LogP contribution in [0.25, 0.3) is 0 Å². The minimum Gasteiger partial charge on any atom is -0.497 e. The first-order chi connectivity index (χ1) is 11.6. The summed E-state index contributed by atoms with van der Waals surface area (Å²) >= 11 is 0. The molecular weight excluding hydrogens is 300 g/mol. The first-order valence-electron chi connectivity index (χ1n) is 8.58. The van der Waals surface area contributed by atoms with Crippen LogP contribution in [-0.4, -0.2) is 40.8 Å². The molecule has 0 spiro atoms. The van der Waals surface area contributed by atoms with Crippen molar-refractivity contribution < 1.29 is 14.1 Å². The number of hydrogen-bond acceptors (Lipinski definition) is 2. The van der Waals surface area contributed by atoms with Crippen molar-refractivity contribution in [3.05, 3.63) is 53.3 Å². The van der Waals surface area contributed by atoms with Crippen molar-refractivity contribution in [2.24, 2.45) is 0 Å². The molecule has 1 aliphatic rings. The highest BCUT2D eigenvalue weighted by molar-refractivity contribution is 5.99. The third-order valence-corrected chi connectivity index (χ3v) is 4.70. The van der Waals surface area contributed by atoms with Gasteiger partial charge in [0.25, 0.3) is 0 Å². The second-order valence-corrected chi connectivity index (χ2v) is 6.28. The van der Waals surface area contributed by atoms with Crippen LogP contribution in [0.3, 0.4) is 0 Å². The summed E-state index contributed by atoms with van der Waals surface area (Å²) in [5.74, 6) is 0.930. The molecular formula is C20H25N2O2+. The van der Waals surface area contributed by atoms with Gasteiger partial charge in [0.1, 0.15) is 11.4 Å². The summed E-state index contributed by atoms with van der Waals surface area (Å²) in [5.41, 5.74) is 4.59. The summed E-state index contributed by atoms with van der Waals surface area (Å²) in [4.78, 5) is 12.7. The van der Waals surface area contributed by atoms with Crippen molar-refractivity contribution in [3.8, 4) is 5.75 Å². The lowest BCUT2D eigenvalue weighted by Crippen LogP contribution is -2.36. The van der Waals surface area contributed by atoms with E-state index in [1.54, 1.807) is 7.11 Å². The predicted octanol–water partition coefficient (Wildman–Crippen LogP) is 3.30. The van der Waals surface area contributed by atoms with E-state index in [4.69, 9.17) is 4.74 Å². The highest BCUT2D eigenvalue weighted by Crippen LogP contribution is 2.17. The van der Waals surface area contributed by atoms with Crippen molar-refractivity contribution in [1.29, 1.82) is 0 Å². The largest absolute Gasteiger partial charge is 0.497 e. The van der Waals surface area contributed by atoms with Crippen LogP contribution in [0, 0.1) is 6.92 Å². The molecule has 0 unspecified atom stereocenters. The van der Waals surface area contributed by atoms with Gasteiger partial charge in [-0.2, -0.15) is 0 Å². The number of carbonyl (C=O) groups excluding carboxylic acids is 1. The van der Waals surface area contributed by atoms with Crippen LogP contribution in [0.1, 0.15) is 41.5 Å². The Morgan fingerprint density at radius 1 is 1.21 bits per heavy atom. The first kappa shape index (κ1) is 16.5. The van der Waals surface area contributed by atoms with Crippen molar-refractivity contribution in [2.45, 2.75) is 33.2 Å². The van der Waals surface area contributed by atoms with Crippen molar-refractivity contribution >= 4 is 11.5 Å². The summed E-state index contributed by atoms with van der Waals surface area (Å²) in [6.07, 6.45) is 2.08. The van der Waals surface area contributed by atoms with Crippen LogP contribution >= 0.6 is 0 Å². The summed E-state index contributed by atoms with van der Waals surface area (Å²) in [6, 6.07) is 11.7. The molecule has 1 aliphatic heterocycles. The van der Waals surface area contributed by atoms with Crippen molar-refractivity contribution in [2.75, 3.05) is 20.2 Å². The molecule has 0 fully saturated rings. The van der Waals surface area contributed by atoms with E-state index < -0.39 is 0 Å². The summed E-state index contributed by atoms with van der Waals surface area (Å²) in [7, 11) is 1.63. The molecule has 3 rings (SSSR count). The first-order valence-corrected chi connectivity index (χ1v) is 8.58. The van der Waals surface area contributed by atoms with E-state index in [9.17, 15) is 4.79 Å². The molecule has 2 heterocycles. The van der Waals surface area contributed by atoms with Crippen LogP contribution in [-0.2, 0) is 6.54 Å². The zero-order valence-electron chi connectivity index (χ0n) is 14.7. The van der Waals surface area contributed by atoms with Gasteiger partial charge >= 0.3 is 0 Å². The number of Topliss-reactive ketones (excluding diaryl/α,β-unsaturated/α-hetero) is 1. The number of ether oxygens (including phenoxy) is 1. The van der Waals surface area contributed by atoms with E-state index in [1.807, 2.05) is 24.3 Å². The van der Waals surface area contributed by atoms with Crippen LogP contribution < -0.4 is 4.74 Å². The van der Waals surface area contributed by atoms with Gasteiger partial charge in [0.15, 0.2) is 12.3 Å². The van der Waals surface area contributed by atoms with Crippen LogP contribution in [0.4, 0.5) is 0 Å². The molecule has 0 atom stereocenters. The third kappa shape index (κ3) is 3.14. The van der Waals surface area contributed by atoms with E-state index in [2.05, 4.69) is 35.1 Å². The number of aromatic nitrogens is 1. The Bertz CT molecular complexity index is 769. The molecule has 0 saturated carbocycles. The molecule has 0 saturated heterocycles. The molecule has 0 radical (unpaired) electrons. The number of ketones is 1. The van der Waals surface area contributed by atoms with Gasteiger partial charge in [-0.05, 0) is 49.7 Å². The normalized spacial score (nSPS) is 13.8. The molecule has 4 heteroatoms. The number of carbonyl (C=O) groups is 1. The Kier molecular flexibility index (Phi) is 4.84. The maximum absolute atomic E-state index is 12.7. The smallest absolute Gasteiger partial charge is 0.227 e. The Morgan fingerprint density at radius 2 is 1.96 bits per heavy atom. The van der Waals surface area contributed by atoms with Gasteiger partial charge in [0.05, 0.1) is 13.7 Å². The molecule has 0 N–H and O–H groups in total. The van der Waals surface area contributed by atoms with E-state index in [1.165, 1.54) is 17.1 Å². The van der Waals surface area contributed by atoms with Gasteiger partial charge in [-0.1, -0.05) is 6.92 Å². The summed E-state index contributed by atoms with van der Waals surface area (Å²) in [6.45, 7) is 6.60. The Labute approximate surface area is 143 Å². The maximum Gasteiger partial charge on any atom is 0.227 e. The van der Waals surface area contributed by atoms with E-state index in [0.29, 0.717) is 6.54 Å². The minimum absolute atomic E-state index is 0.156. The molecule has 0 bridgehead atoms. The fraction of sp³-hybridized carbons (Fsp3) is 0.400. The quantitative estimate of drug-likeness (QED) is 0.603. The summed E-state index contributed by atoms with van der Waals surface area (Å²) in [5, 5.41) is 0. The van der Waals surface area contributed by atoms with Gasteiger partial charge in [0, 0.05) is 17.7 Å². The predicted molar refractivity (Wildman–Crippen MR) is 95.5 cm³/mol. The van der Waals surface area contributed by atoms with Crippen molar-refractivity contribution in [1.82, 2.24) is 4.57 Å². The average molecular weight is 325 g/mol. The fourth-order valence-corrected chi connectivity index (χ4v) is 3.37. The molecule has 2 aromatic rings. The van der Waals surface area contributed by atoms with Gasteiger partial charge in [-0.25, -0.2) is 4.58 Å². The monoisotopic (exact) mass is 325 g/mol. The zero-order chi connectivity index (χ0) is 17.1. The topological polar surface area (TPSA) is 34.2 Å². The number of hydrogen-bond donors (Lipinski definition) is 0. The standard InChI is InChI=1S/C20H25N2O2/c1-4-5-18-19-11-6-15(2)22(19)13-12-21(18)14-20(23)16-7-9-17(24-3)10-8-16/h6-11H,4-5,12-14H2,1-3H3/q+1. The number of nitrogens with zero attached hydrogens (tertiary/aromatic N) is 2. The van der Waals surface area contributed by atoms with Crippen LogP contribution in [0.2, 0.25) is 0 Å². The number of aryl methyl sites for hydroxylation is 1. The fourth-order valence-electron chi connectivity index (χ4n) is 3.37. The zero-order valence-corrected chi connectivity index (χ0v) is 14.7. The molecule has 0 aliphatic carbocycles. The summed E-state index contributed by atoms with van der Waals surface area (Å²) < 4.78 is 9.78. The molecule has 0 amide bonds. The van der Waals surface area contributed by atoms with Gasteiger partial charge in [0.2, 0.25) is 12.3 Å². The number of fused-ring (bicyclic) bond motifs is 1. The van der Waals surface area contributed by atoms with Gasteiger partial charge < -0.3 is 9.30 Å². The second kappa shape index (κ2) is 7.04. The lowest BCUT2D eigenvalue weighted by atomic mass is 10.1. The second-order valence-electron chi connectivity index (χ2n) is 6.28. The van der Waals surface area contributed by atoms with Gasteiger partial charge in [-0.3, -0.25) is 4.79 Å². The maximum atomic E-state index is 12.7. The molecule has 24 heavy (non-hydrogen) atoms. The highest BCUT2D eigenvalue weighted by atomic mass is 16.5. The van der Waals surface area contributed by atoms with E-state index in [0.717, 1.165) is 37.2 Å². The minimum atomic E-state index is 0.156. The number of benzene rings is 1. The molecule has 4 nitrogen and oxygen atoms in total. The van der Waals surface area contributed by atoms with Crippen LogP contribution in [0.5, 0.6) is 5.75 Å². The third-order valence-electron chi connectivity index (χ3n) is 4.70. The number of rotatable bonds is 6. The van der Waals surface area contributed by atoms with E-state index in [-0.39, 0.29) is 5.78 Å². The lowest BCUT2D eigenvalue weighted by molar-refractivity contribution is -0.519. The molecule has 1 aromatic heterocycles. The lowest BCUT2D eigenvalue weighted by Gasteiger charge is -2.19. The Balaban J connectivity index is 1.87. The Morgan fingerprint density at radius 3 is 2.62 bits per heavy atom. The highest BCUT2D eigenvalue weighted by Gasteiger charge is 2.27. The van der Waals surface area contributed by atoms with Crippen molar-refractivity contribution in [3.63, 3.8) is 0 Å². The van der Waals surface area contributed by atoms with Crippen LogP contribution in [0.15, 0.2) is 36.4 Å². The number of methoxy groups -OCH3 is 1. The average Bonchev–Trinajstić information content (AvgIpc) is 2.98. The molecule has 1 aromatic carbocycles. The molecule has 126 valence electrons. The Hall–Kier alpha value is -2.36. The van der Waals surface area contributed by atoms with E-state index >= 15 is 0 Å². The van der Waals surface area contributed by atoms with Gasteiger partial charge in [-0.15, -0.1) is 0 Å².